The number of nitrogens with zero attached hydrogens (tertiary/aromatic N) is 6. The normalized spacial score (nSPS) is 15.8. The summed E-state index contributed by atoms with van der Waals surface area (Å²) in [5, 5.41) is 13.0. The van der Waals surface area contributed by atoms with E-state index in [1.165, 1.54) is 0 Å². The maximum Gasteiger partial charge on any atom is 0.277 e. The van der Waals surface area contributed by atoms with E-state index < -0.39 is 0 Å². The van der Waals surface area contributed by atoms with Crippen molar-refractivity contribution < 1.29 is 18.6 Å². The maximum absolute atomic E-state index is 13.8. The zero-order chi connectivity index (χ0) is 26.1. The molecule has 1 amide bonds. The highest BCUT2D eigenvalue weighted by Crippen LogP contribution is 2.32. The van der Waals surface area contributed by atoms with E-state index in [-0.39, 0.29) is 18.6 Å². The number of amides is 1. The van der Waals surface area contributed by atoms with Crippen LogP contribution in [0.2, 0.25) is 0 Å². The summed E-state index contributed by atoms with van der Waals surface area (Å²) in [7, 11) is 0. The lowest BCUT2D eigenvalue weighted by Crippen LogP contribution is -2.39. The van der Waals surface area contributed by atoms with Crippen molar-refractivity contribution in [2.24, 2.45) is 0 Å². The number of aryl methyl sites for hydroxylation is 3. The van der Waals surface area contributed by atoms with Crippen LogP contribution in [0, 0.1) is 34.6 Å². The van der Waals surface area contributed by atoms with Crippen LogP contribution in [0.3, 0.4) is 0 Å². The van der Waals surface area contributed by atoms with E-state index in [0.29, 0.717) is 36.3 Å². The molecule has 194 valence electrons. The highest BCUT2D eigenvalue weighted by atomic mass is 16.5. The average Bonchev–Trinajstić information content (AvgIpc) is 3.59. The number of carbonyl (C=O) groups excluding carboxylic acids is 1. The minimum Gasteiger partial charge on any atom is -0.484 e. The van der Waals surface area contributed by atoms with Crippen molar-refractivity contribution >= 4 is 5.91 Å². The van der Waals surface area contributed by atoms with Gasteiger partial charge in [-0.05, 0) is 71.6 Å². The fourth-order valence-corrected chi connectivity index (χ4v) is 4.66. The van der Waals surface area contributed by atoms with E-state index in [4.69, 9.17) is 13.8 Å². The van der Waals surface area contributed by atoms with Gasteiger partial charge in [0.15, 0.2) is 18.1 Å². The van der Waals surface area contributed by atoms with Gasteiger partial charge in [0.05, 0.1) is 18.3 Å². The highest BCUT2D eigenvalue weighted by molar-refractivity contribution is 5.94. The molecule has 1 atom stereocenters. The Morgan fingerprint density at radius 3 is 2.57 bits per heavy atom. The van der Waals surface area contributed by atoms with Crippen LogP contribution in [-0.2, 0) is 13.2 Å². The molecule has 0 bridgehead atoms. The summed E-state index contributed by atoms with van der Waals surface area (Å²) in [5.41, 5.74) is 5.36. The summed E-state index contributed by atoms with van der Waals surface area (Å²) in [5.74, 6) is 1.98. The summed E-state index contributed by atoms with van der Waals surface area (Å²) in [4.78, 5) is 20.1. The van der Waals surface area contributed by atoms with Crippen molar-refractivity contribution in [3.05, 3.63) is 75.5 Å². The lowest BCUT2D eigenvalue weighted by molar-refractivity contribution is 0.0585. The Morgan fingerprint density at radius 1 is 1.05 bits per heavy atom. The first-order valence-corrected chi connectivity index (χ1v) is 12.6. The average molecular weight is 505 g/mol. The summed E-state index contributed by atoms with van der Waals surface area (Å²) in [6.45, 7) is 11.1. The molecule has 4 heterocycles. The third-order valence-corrected chi connectivity index (χ3v) is 7.17. The van der Waals surface area contributed by atoms with Gasteiger partial charge in [-0.3, -0.25) is 9.48 Å². The summed E-state index contributed by atoms with van der Waals surface area (Å²) in [6.07, 6.45) is 2.60. The molecule has 0 aliphatic carbocycles. The highest BCUT2D eigenvalue weighted by Gasteiger charge is 2.35. The lowest BCUT2D eigenvalue weighted by atomic mass is 10.0. The van der Waals surface area contributed by atoms with Crippen LogP contribution >= 0.6 is 0 Å². The molecule has 5 rings (SSSR count). The predicted molar refractivity (Wildman–Crippen MR) is 134 cm³/mol. The Hall–Kier alpha value is -3.95. The second kappa shape index (κ2) is 10.2. The number of carbonyl (C=O) groups is 1. The molecule has 10 heteroatoms. The smallest absolute Gasteiger partial charge is 0.277 e. The zero-order valence-corrected chi connectivity index (χ0v) is 21.9. The van der Waals surface area contributed by atoms with Crippen LogP contribution in [0.15, 0.2) is 33.3 Å². The van der Waals surface area contributed by atoms with Gasteiger partial charge in [0, 0.05) is 17.8 Å². The first-order chi connectivity index (χ1) is 17.8. The molecule has 1 unspecified atom stereocenters. The second-order valence-electron chi connectivity index (χ2n) is 9.68. The Labute approximate surface area is 215 Å². The number of likely N-dealkylation sites (tertiary alicyclic amines) is 1. The number of piperidine rings is 1. The molecule has 4 aromatic rings. The molecule has 0 N–H and O–H groups in total. The Balaban J connectivity index is 1.34. The van der Waals surface area contributed by atoms with E-state index >= 15 is 0 Å². The SMILES string of the molecule is Cc1ccc(OCc2nc(C3CCCCN3C(=O)c3noc(C)c3Cn3nc(C)c(C)c3C)no2)cc1. The van der Waals surface area contributed by atoms with Gasteiger partial charge in [0.1, 0.15) is 11.5 Å². The number of hydrogen-bond donors (Lipinski definition) is 0. The second-order valence-corrected chi connectivity index (χ2v) is 9.68. The molecule has 37 heavy (non-hydrogen) atoms. The number of aromatic nitrogens is 5. The fourth-order valence-electron chi connectivity index (χ4n) is 4.66. The van der Waals surface area contributed by atoms with Crippen LogP contribution in [0.5, 0.6) is 5.75 Å². The molecule has 0 radical (unpaired) electrons. The van der Waals surface area contributed by atoms with Gasteiger partial charge in [-0.1, -0.05) is 28.0 Å². The third-order valence-electron chi connectivity index (χ3n) is 7.17. The third kappa shape index (κ3) is 5.00. The van der Waals surface area contributed by atoms with Crippen molar-refractivity contribution in [3.8, 4) is 5.75 Å². The van der Waals surface area contributed by atoms with Gasteiger partial charge >= 0.3 is 0 Å². The van der Waals surface area contributed by atoms with Crippen LogP contribution in [0.1, 0.15) is 81.3 Å². The lowest BCUT2D eigenvalue weighted by Gasteiger charge is -2.33. The van der Waals surface area contributed by atoms with Gasteiger partial charge in [-0.15, -0.1) is 0 Å². The van der Waals surface area contributed by atoms with Crippen LogP contribution in [0.4, 0.5) is 0 Å². The van der Waals surface area contributed by atoms with Crippen molar-refractivity contribution in [1.82, 2.24) is 30.0 Å². The molecule has 10 nitrogen and oxygen atoms in total. The molecular formula is C27H32N6O4. The summed E-state index contributed by atoms with van der Waals surface area (Å²) < 4.78 is 18.6. The van der Waals surface area contributed by atoms with Gasteiger partial charge in [0.25, 0.3) is 11.8 Å². The molecule has 0 saturated carbocycles. The van der Waals surface area contributed by atoms with E-state index in [1.807, 2.05) is 63.6 Å². The molecule has 1 aliphatic rings. The molecule has 3 aromatic heterocycles. The predicted octanol–water partition coefficient (Wildman–Crippen LogP) is 4.79. The Bertz CT molecular complexity index is 1400. The van der Waals surface area contributed by atoms with Crippen LogP contribution < -0.4 is 4.74 Å². The number of hydrogen-bond acceptors (Lipinski definition) is 8. The van der Waals surface area contributed by atoms with E-state index in [1.54, 1.807) is 4.90 Å². The first-order valence-electron chi connectivity index (χ1n) is 12.6. The molecule has 0 spiro atoms. The Kier molecular flexibility index (Phi) is 6.82. The number of rotatable bonds is 7. The van der Waals surface area contributed by atoms with Gasteiger partial charge in [0.2, 0.25) is 0 Å². The molecule has 1 aromatic carbocycles. The fraction of sp³-hybridized carbons (Fsp3) is 0.444. The topological polar surface area (TPSA) is 112 Å². The summed E-state index contributed by atoms with van der Waals surface area (Å²) in [6, 6.07) is 7.46. The molecular weight excluding hydrogens is 472 g/mol. The monoisotopic (exact) mass is 504 g/mol. The Morgan fingerprint density at radius 2 is 1.84 bits per heavy atom. The van der Waals surface area contributed by atoms with Gasteiger partial charge in [-0.2, -0.15) is 10.1 Å². The summed E-state index contributed by atoms with van der Waals surface area (Å²) >= 11 is 0. The van der Waals surface area contributed by atoms with Crippen LogP contribution in [0.25, 0.3) is 0 Å². The molecule has 1 fully saturated rings. The molecule has 1 saturated heterocycles. The number of ether oxygens (including phenoxy) is 1. The van der Waals surface area contributed by atoms with Crippen molar-refractivity contribution in [1.29, 1.82) is 0 Å². The van der Waals surface area contributed by atoms with E-state index in [9.17, 15) is 4.79 Å². The minimum atomic E-state index is -0.307. The van der Waals surface area contributed by atoms with Gasteiger partial charge in [-0.25, -0.2) is 0 Å². The number of benzene rings is 1. The first kappa shape index (κ1) is 24.7. The van der Waals surface area contributed by atoms with Crippen LogP contribution in [-0.4, -0.2) is 42.4 Å². The van der Waals surface area contributed by atoms with Crippen molar-refractivity contribution in [2.45, 2.75) is 73.1 Å². The molecule has 1 aliphatic heterocycles. The standard InChI is InChI=1S/C27H32N6O4/c1-16-9-11-21(12-10-16)35-15-24-28-26(31-37-24)23-8-6-7-13-32(23)27(34)25-22(20(5)36-30-25)14-33-19(4)17(2)18(3)29-33/h9-12,23H,6-8,13-15H2,1-5H3. The quantitative estimate of drug-likeness (QED) is 0.353. The van der Waals surface area contributed by atoms with Crippen molar-refractivity contribution in [3.63, 3.8) is 0 Å². The largest absolute Gasteiger partial charge is 0.484 e. The van der Waals surface area contributed by atoms with E-state index in [0.717, 1.165) is 53.1 Å². The minimum absolute atomic E-state index is 0.158. The van der Waals surface area contributed by atoms with Crippen molar-refractivity contribution in [2.75, 3.05) is 6.54 Å². The maximum atomic E-state index is 13.8. The van der Waals surface area contributed by atoms with Gasteiger partial charge < -0.3 is 18.7 Å². The van der Waals surface area contributed by atoms with E-state index in [2.05, 4.69) is 20.4 Å². The zero-order valence-electron chi connectivity index (χ0n) is 21.9.